The van der Waals surface area contributed by atoms with Crippen molar-refractivity contribution in [1.29, 1.82) is 0 Å². The highest BCUT2D eigenvalue weighted by molar-refractivity contribution is 8.00. The van der Waals surface area contributed by atoms with E-state index in [-0.39, 0.29) is 16.9 Å². The Bertz CT molecular complexity index is 221. The minimum Gasteiger partial charge on any atom is -0.480 e. The van der Waals surface area contributed by atoms with Crippen molar-refractivity contribution in [2.75, 3.05) is 19.8 Å². The van der Waals surface area contributed by atoms with Gasteiger partial charge in [-0.05, 0) is 6.92 Å². The molecule has 0 aromatic carbocycles. The van der Waals surface area contributed by atoms with Gasteiger partial charge in [0.25, 0.3) is 0 Å². The van der Waals surface area contributed by atoms with E-state index in [4.69, 9.17) is 10.8 Å². The average molecular weight is 220 g/mol. The van der Waals surface area contributed by atoms with Crippen LogP contribution in [0.3, 0.4) is 0 Å². The van der Waals surface area contributed by atoms with Gasteiger partial charge in [-0.1, -0.05) is 0 Å². The standard InChI is InChI=1S/C8H16N2O3S/c1-5(7(11)10(2)3)14-4-6(9)8(12)13/h5-6H,4,9H2,1-3H3,(H,12,13). The summed E-state index contributed by atoms with van der Waals surface area (Å²) in [4.78, 5) is 23.2. The highest BCUT2D eigenvalue weighted by Gasteiger charge is 2.18. The Kier molecular flexibility index (Phi) is 5.56. The van der Waals surface area contributed by atoms with Crippen LogP contribution in [0.15, 0.2) is 0 Å². The number of nitrogens with zero attached hydrogens (tertiary/aromatic N) is 1. The van der Waals surface area contributed by atoms with Gasteiger partial charge in [-0.25, -0.2) is 0 Å². The predicted octanol–water partition coefficient (Wildman–Crippen LogP) is -0.392. The lowest BCUT2D eigenvalue weighted by molar-refractivity contribution is -0.138. The largest absolute Gasteiger partial charge is 0.480 e. The van der Waals surface area contributed by atoms with Gasteiger partial charge in [-0.3, -0.25) is 9.59 Å². The fourth-order valence-corrected chi connectivity index (χ4v) is 1.75. The van der Waals surface area contributed by atoms with Crippen LogP contribution in [-0.4, -0.2) is 53.0 Å². The molecule has 0 spiro atoms. The molecule has 0 radical (unpaired) electrons. The molecule has 6 heteroatoms. The molecule has 0 bridgehead atoms. The maximum absolute atomic E-state index is 11.3. The molecule has 0 aromatic heterocycles. The van der Waals surface area contributed by atoms with Crippen LogP contribution in [0.1, 0.15) is 6.92 Å². The maximum atomic E-state index is 11.3. The van der Waals surface area contributed by atoms with Gasteiger partial charge in [0.05, 0.1) is 5.25 Å². The molecule has 0 rings (SSSR count). The van der Waals surface area contributed by atoms with Crippen LogP contribution >= 0.6 is 11.8 Å². The molecule has 0 saturated carbocycles. The number of aliphatic carboxylic acids is 1. The molecule has 0 saturated heterocycles. The molecule has 2 atom stereocenters. The third-order valence-corrected chi connectivity index (χ3v) is 2.88. The number of thioether (sulfide) groups is 1. The van der Waals surface area contributed by atoms with Crippen molar-refractivity contribution < 1.29 is 14.7 Å². The summed E-state index contributed by atoms with van der Waals surface area (Å²) in [6.45, 7) is 1.74. The van der Waals surface area contributed by atoms with Crippen molar-refractivity contribution in [1.82, 2.24) is 4.90 Å². The van der Waals surface area contributed by atoms with Crippen LogP contribution in [0.25, 0.3) is 0 Å². The zero-order valence-electron chi connectivity index (χ0n) is 8.56. The minimum atomic E-state index is -1.04. The van der Waals surface area contributed by atoms with E-state index < -0.39 is 12.0 Å². The van der Waals surface area contributed by atoms with Gasteiger partial charge in [0, 0.05) is 19.8 Å². The number of nitrogens with two attached hydrogens (primary N) is 1. The molecule has 0 aliphatic heterocycles. The Labute approximate surface area is 87.6 Å². The Hall–Kier alpha value is -0.750. The van der Waals surface area contributed by atoms with Gasteiger partial charge >= 0.3 is 5.97 Å². The Balaban J connectivity index is 3.90. The SMILES string of the molecule is CC(SCC(N)C(=O)O)C(=O)N(C)C. The zero-order chi connectivity index (χ0) is 11.3. The van der Waals surface area contributed by atoms with Gasteiger partial charge in [0.2, 0.25) is 5.91 Å². The number of carboxylic acids is 1. The molecule has 0 heterocycles. The summed E-state index contributed by atoms with van der Waals surface area (Å²) in [5.74, 6) is -0.828. The molecule has 3 N–H and O–H groups in total. The first-order valence-electron chi connectivity index (χ1n) is 4.17. The summed E-state index contributed by atoms with van der Waals surface area (Å²) in [6.07, 6.45) is 0. The van der Waals surface area contributed by atoms with E-state index in [1.54, 1.807) is 21.0 Å². The average Bonchev–Trinajstić information content (AvgIpc) is 2.11. The van der Waals surface area contributed by atoms with E-state index in [9.17, 15) is 9.59 Å². The van der Waals surface area contributed by atoms with Gasteiger partial charge in [0.15, 0.2) is 0 Å². The maximum Gasteiger partial charge on any atom is 0.321 e. The summed E-state index contributed by atoms with van der Waals surface area (Å²) in [5, 5.41) is 8.25. The molecule has 82 valence electrons. The predicted molar refractivity (Wildman–Crippen MR) is 56.2 cm³/mol. The second-order valence-electron chi connectivity index (χ2n) is 3.15. The summed E-state index contributed by atoms with van der Waals surface area (Å²) in [5.41, 5.74) is 5.30. The number of hydrogen-bond acceptors (Lipinski definition) is 4. The first-order chi connectivity index (χ1) is 6.36. The molecule has 5 nitrogen and oxygen atoms in total. The number of carboxylic acid groups (broad SMARTS) is 1. The van der Waals surface area contributed by atoms with Crippen molar-refractivity contribution >= 4 is 23.6 Å². The van der Waals surface area contributed by atoms with E-state index in [0.717, 1.165) is 0 Å². The second kappa shape index (κ2) is 5.87. The van der Waals surface area contributed by atoms with Crippen molar-refractivity contribution in [3.63, 3.8) is 0 Å². The Morgan fingerprint density at radius 1 is 1.50 bits per heavy atom. The molecule has 1 amide bonds. The van der Waals surface area contributed by atoms with E-state index in [2.05, 4.69) is 0 Å². The quantitative estimate of drug-likeness (QED) is 0.659. The lowest BCUT2D eigenvalue weighted by atomic mass is 10.4. The summed E-state index contributed by atoms with van der Waals surface area (Å²) in [7, 11) is 3.33. The smallest absolute Gasteiger partial charge is 0.321 e. The van der Waals surface area contributed by atoms with E-state index in [0.29, 0.717) is 0 Å². The van der Waals surface area contributed by atoms with Crippen LogP contribution in [0.2, 0.25) is 0 Å². The highest BCUT2D eigenvalue weighted by Crippen LogP contribution is 2.12. The molecule has 0 aliphatic rings. The Morgan fingerprint density at radius 2 is 2.00 bits per heavy atom. The topological polar surface area (TPSA) is 83.6 Å². The third kappa shape index (κ3) is 4.48. The zero-order valence-corrected chi connectivity index (χ0v) is 9.37. The normalized spacial score (nSPS) is 14.6. The number of amides is 1. The van der Waals surface area contributed by atoms with E-state index in [1.165, 1.54) is 16.7 Å². The third-order valence-electron chi connectivity index (χ3n) is 1.63. The van der Waals surface area contributed by atoms with Crippen LogP contribution in [0.4, 0.5) is 0 Å². The first kappa shape index (κ1) is 13.2. The van der Waals surface area contributed by atoms with Crippen molar-refractivity contribution in [2.24, 2.45) is 5.73 Å². The van der Waals surface area contributed by atoms with Crippen molar-refractivity contribution in [3.8, 4) is 0 Å². The molecule has 0 aromatic rings. The highest BCUT2D eigenvalue weighted by atomic mass is 32.2. The van der Waals surface area contributed by atoms with Gasteiger partial charge < -0.3 is 15.7 Å². The fourth-order valence-electron chi connectivity index (χ4n) is 0.754. The number of carbonyl (C=O) groups excluding carboxylic acids is 1. The summed E-state index contributed by atoms with van der Waals surface area (Å²) >= 11 is 1.25. The second-order valence-corrected chi connectivity index (χ2v) is 4.53. The van der Waals surface area contributed by atoms with E-state index >= 15 is 0 Å². The van der Waals surface area contributed by atoms with Gasteiger partial charge in [0.1, 0.15) is 6.04 Å². The van der Waals surface area contributed by atoms with Crippen LogP contribution in [-0.2, 0) is 9.59 Å². The molecule has 14 heavy (non-hydrogen) atoms. The Morgan fingerprint density at radius 3 is 2.36 bits per heavy atom. The van der Waals surface area contributed by atoms with Crippen LogP contribution < -0.4 is 5.73 Å². The lowest BCUT2D eigenvalue weighted by Crippen LogP contribution is -2.35. The van der Waals surface area contributed by atoms with Gasteiger partial charge in [-0.2, -0.15) is 0 Å². The number of rotatable bonds is 5. The van der Waals surface area contributed by atoms with Gasteiger partial charge in [-0.15, -0.1) is 11.8 Å². The van der Waals surface area contributed by atoms with E-state index in [1.807, 2.05) is 0 Å². The number of carbonyl (C=O) groups is 2. The number of hydrogen-bond donors (Lipinski definition) is 2. The molecule has 0 fully saturated rings. The lowest BCUT2D eigenvalue weighted by Gasteiger charge is -2.17. The molecule has 0 aliphatic carbocycles. The minimum absolute atomic E-state index is 0.0346. The van der Waals surface area contributed by atoms with Crippen LogP contribution in [0.5, 0.6) is 0 Å². The van der Waals surface area contributed by atoms with Crippen molar-refractivity contribution in [3.05, 3.63) is 0 Å². The molecule has 2 unspecified atom stereocenters. The van der Waals surface area contributed by atoms with Crippen LogP contribution in [0, 0.1) is 0 Å². The summed E-state index contributed by atoms with van der Waals surface area (Å²) < 4.78 is 0. The monoisotopic (exact) mass is 220 g/mol. The molecular weight excluding hydrogens is 204 g/mol. The van der Waals surface area contributed by atoms with Crippen molar-refractivity contribution in [2.45, 2.75) is 18.2 Å². The molecular formula is C8H16N2O3S. The fraction of sp³-hybridized carbons (Fsp3) is 0.750. The first-order valence-corrected chi connectivity index (χ1v) is 5.22. The summed E-state index contributed by atoms with van der Waals surface area (Å²) in [6, 6.07) is -0.905.